The maximum absolute atomic E-state index is 11.7. The van der Waals surface area contributed by atoms with E-state index in [1.807, 2.05) is 38.1 Å². The van der Waals surface area contributed by atoms with Crippen molar-refractivity contribution in [1.29, 1.82) is 0 Å². The van der Waals surface area contributed by atoms with E-state index in [1.165, 1.54) is 5.56 Å². The second-order valence-corrected chi connectivity index (χ2v) is 4.14. The van der Waals surface area contributed by atoms with E-state index in [4.69, 9.17) is 0 Å². The molecule has 94 valence electrons. The number of amides is 1. The van der Waals surface area contributed by atoms with Crippen LogP contribution in [0, 0.1) is 6.92 Å². The predicted octanol–water partition coefficient (Wildman–Crippen LogP) is 1.72. The average Bonchev–Trinajstić information content (AvgIpc) is 2.86. The third-order valence-electron chi connectivity index (χ3n) is 2.56. The standard InChI is InChI=1S/C13H16N4O/c1-3-8-14-13(18)12-9-17(16-15-12)11-6-4-10(2)5-7-11/h4-7,9H,3,8H2,1-2H3,(H,14,18). The van der Waals surface area contributed by atoms with E-state index in [2.05, 4.69) is 15.6 Å². The lowest BCUT2D eigenvalue weighted by molar-refractivity contribution is 0.0948. The van der Waals surface area contributed by atoms with Crippen molar-refractivity contribution in [2.75, 3.05) is 6.54 Å². The van der Waals surface area contributed by atoms with Gasteiger partial charge in [0.05, 0.1) is 11.9 Å². The van der Waals surface area contributed by atoms with Gasteiger partial charge in [-0.25, -0.2) is 4.68 Å². The number of hydrogen-bond donors (Lipinski definition) is 1. The molecule has 2 rings (SSSR count). The topological polar surface area (TPSA) is 59.8 Å². The highest BCUT2D eigenvalue weighted by Crippen LogP contribution is 2.08. The molecule has 0 bridgehead atoms. The van der Waals surface area contributed by atoms with E-state index >= 15 is 0 Å². The second-order valence-electron chi connectivity index (χ2n) is 4.14. The summed E-state index contributed by atoms with van der Waals surface area (Å²) in [7, 11) is 0. The van der Waals surface area contributed by atoms with Crippen molar-refractivity contribution in [3.8, 4) is 5.69 Å². The zero-order valence-corrected chi connectivity index (χ0v) is 10.6. The van der Waals surface area contributed by atoms with Gasteiger partial charge in [0.15, 0.2) is 5.69 Å². The molecule has 0 aliphatic carbocycles. The number of benzene rings is 1. The molecule has 0 radical (unpaired) electrons. The van der Waals surface area contributed by atoms with Crippen molar-refractivity contribution in [3.63, 3.8) is 0 Å². The number of hydrogen-bond acceptors (Lipinski definition) is 3. The van der Waals surface area contributed by atoms with Crippen LogP contribution in [0.15, 0.2) is 30.5 Å². The Morgan fingerprint density at radius 2 is 2.06 bits per heavy atom. The normalized spacial score (nSPS) is 10.3. The van der Waals surface area contributed by atoms with E-state index in [-0.39, 0.29) is 5.91 Å². The molecule has 5 heteroatoms. The Hall–Kier alpha value is -2.17. The van der Waals surface area contributed by atoms with E-state index in [0.29, 0.717) is 12.2 Å². The van der Waals surface area contributed by atoms with Gasteiger partial charge < -0.3 is 5.32 Å². The minimum Gasteiger partial charge on any atom is -0.351 e. The van der Waals surface area contributed by atoms with Crippen molar-refractivity contribution in [3.05, 3.63) is 41.7 Å². The fraction of sp³-hybridized carbons (Fsp3) is 0.308. The minimum atomic E-state index is -0.185. The molecule has 1 amide bonds. The van der Waals surface area contributed by atoms with Crippen molar-refractivity contribution < 1.29 is 4.79 Å². The van der Waals surface area contributed by atoms with Gasteiger partial charge in [-0.2, -0.15) is 0 Å². The molecule has 1 aromatic heterocycles. The van der Waals surface area contributed by atoms with Crippen LogP contribution < -0.4 is 5.32 Å². The Balaban J connectivity index is 2.15. The lowest BCUT2D eigenvalue weighted by Gasteiger charge is -2.00. The van der Waals surface area contributed by atoms with Crippen LogP contribution >= 0.6 is 0 Å². The van der Waals surface area contributed by atoms with E-state index in [1.54, 1.807) is 10.9 Å². The molecule has 0 spiro atoms. The zero-order valence-electron chi connectivity index (χ0n) is 10.6. The number of nitrogens with one attached hydrogen (secondary N) is 1. The van der Waals surface area contributed by atoms with Crippen LogP contribution in [0.4, 0.5) is 0 Å². The number of carbonyl (C=O) groups excluding carboxylic acids is 1. The van der Waals surface area contributed by atoms with Crippen molar-refractivity contribution in [2.24, 2.45) is 0 Å². The van der Waals surface area contributed by atoms with Crippen LogP contribution in [-0.2, 0) is 0 Å². The smallest absolute Gasteiger partial charge is 0.273 e. The summed E-state index contributed by atoms with van der Waals surface area (Å²) in [6, 6.07) is 7.87. The predicted molar refractivity (Wildman–Crippen MR) is 68.7 cm³/mol. The van der Waals surface area contributed by atoms with Gasteiger partial charge in [0, 0.05) is 6.54 Å². The molecule has 0 aliphatic heterocycles. The van der Waals surface area contributed by atoms with Gasteiger partial charge in [-0.3, -0.25) is 4.79 Å². The highest BCUT2D eigenvalue weighted by molar-refractivity contribution is 5.91. The Labute approximate surface area is 106 Å². The summed E-state index contributed by atoms with van der Waals surface area (Å²) in [4.78, 5) is 11.7. The molecule has 2 aromatic rings. The number of aryl methyl sites for hydroxylation is 1. The number of aromatic nitrogens is 3. The molecule has 0 aliphatic rings. The van der Waals surface area contributed by atoms with Crippen LogP contribution in [0.3, 0.4) is 0 Å². The maximum atomic E-state index is 11.7. The summed E-state index contributed by atoms with van der Waals surface area (Å²) in [5, 5.41) is 10.6. The third kappa shape index (κ3) is 2.74. The number of rotatable bonds is 4. The first-order valence-corrected chi connectivity index (χ1v) is 5.98. The first-order chi connectivity index (χ1) is 8.70. The summed E-state index contributed by atoms with van der Waals surface area (Å²) >= 11 is 0. The minimum absolute atomic E-state index is 0.185. The number of carbonyl (C=O) groups is 1. The molecule has 18 heavy (non-hydrogen) atoms. The van der Waals surface area contributed by atoms with Crippen LogP contribution in [0.5, 0.6) is 0 Å². The summed E-state index contributed by atoms with van der Waals surface area (Å²) in [6.07, 6.45) is 2.54. The van der Waals surface area contributed by atoms with Gasteiger partial charge in [-0.05, 0) is 25.5 Å². The van der Waals surface area contributed by atoms with Gasteiger partial charge >= 0.3 is 0 Å². The monoisotopic (exact) mass is 244 g/mol. The first kappa shape index (κ1) is 12.3. The van der Waals surface area contributed by atoms with Crippen molar-refractivity contribution >= 4 is 5.91 Å². The third-order valence-corrected chi connectivity index (χ3v) is 2.56. The summed E-state index contributed by atoms with van der Waals surface area (Å²) < 4.78 is 1.60. The Morgan fingerprint density at radius 3 is 2.72 bits per heavy atom. The Kier molecular flexibility index (Phi) is 3.72. The van der Waals surface area contributed by atoms with Gasteiger partial charge in [-0.15, -0.1) is 5.10 Å². The molecule has 1 heterocycles. The molecule has 0 unspecified atom stereocenters. The fourth-order valence-electron chi connectivity index (χ4n) is 1.52. The lowest BCUT2D eigenvalue weighted by Crippen LogP contribution is -2.24. The SMILES string of the molecule is CCCNC(=O)c1cn(-c2ccc(C)cc2)nn1. The van der Waals surface area contributed by atoms with Gasteiger partial charge in [-0.1, -0.05) is 29.8 Å². The average molecular weight is 244 g/mol. The van der Waals surface area contributed by atoms with E-state index < -0.39 is 0 Å². The first-order valence-electron chi connectivity index (χ1n) is 5.98. The van der Waals surface area contributed by atoms with Crippen LogP contribution in [-0.4, -0.2) is 27.4 Å². The summed E-state index contributed by atoms with van der Waals surface area (Å²) in [5.74, 6) is -0.185. The molecule has 1 N–H and O–H groups in total. The van der Waals surface area contributed by atoms with Crippen molar-refractivity contribution in [1.82, 2.24) is 20.3 Å². The molecule has 0 saturated carbocycles. The molecule has 0 atom stereocenters. The van der Waals surface area contributed by atoms with E-state index in [9.17, 15) is 4.79 Å². The molecule has 0 fully saturated rings. The Morgan fingerprint density at radius 1 is 1.33 bits per heavy atom. The van der Waals surface area contributed by atoms with Gasteiger partial charge in [0.2, 0.25) is 0 Å². The van der Waals surface area contributed by atoms with Crippen molar-refractivity contribution in [2.45, 2.75) is 20.3 Å². The molecular weight excluding hydrogens is 228 g/mol. The molecule has 0 saturated heterocycles. The molecular formula is C13H16N4O. The largest absolute Gasteiger partial charge is 0.351 e. The second kappa shape index (κ2) is 5.44. The van der Waals surface area contributed by atoms with E-state index in [0.717, 1.165) is 12.1 Å². The summed E-state index contributed by atoms with van der Waals surface area (Å²) in [5.41, 5.74) is 2.41. The van der Waals surface area contributed by atoms with Gasteiger partial charge in [0.25, 0.3) is 5.91 Å². The van der Waals surface area contributed by atoms with Crippen LogP contribution in [0.1, 0.15) is 29.4 Å². The van der Waals surface area contributed by atoms with Crippen LogP contribution in [0.25, 0.3) is 5.69 Å². The highest BCUT2D eigenvalue weighted by atomic mass is 16.2. The zero-order chi connectivity index (χ0) is 13.0. The number of nitrogens with zero attached hydrogens (tertiary/aromatic N) is 3. The highest BCUT2D eigenvalue weighted by Gasteiger charge is 2.10. The lowest BCUT2D eigenvalue weighted by atomic mass is 10.2. The quantitative estimate of drug-likeness (QED) is 0.890. The van der Waals surface area contributed by atoms with Gasteiger partial charge in [0.1, 0.15) is 0 Å². The molecule has 1 aromatic carbocycles. The Bertz CT molecular complexity index is 530. The summed E-state index contributed by atoms with van der Waals surface area (Å²) in [6.45, 7) is 4.68. The molecule has 5 nitrogen and oxygen atoms in total. The maximum Gasteiger partial charge on any atom is 0.273 e. The fourth-order valence-corrected chi connectivity index (χ4v) is 1.52. The van der Waals surface area contributed by atoms with Crippen LogP contribution in [0.2, 0.25) is 0 Å².